The number of ketones is 1. The van der Waals surface area contributed by atoms with Gasteiger partial charge in [0.15, 0.2) is 5.78 Å². The Bertz CT molecular complexity index is 167. The number of ether oxygens (including phenoxy) is 2. The van der Waals surface area contributed by atoms with Gasteiger partial charge in [-0.2, -0.15) is 0 Å². The van der Waals surface area contributed by atoms with E-state index in [-0.39, 0.29) is 18.3 Å². The van der Waals surface area contributed by atoms with Gasteiger partial charge in [0.1, 0.15) is 6.10 Å². The molecule has 4 heteroatoms. The van der Waals surface area contributed by atoms with E-state index in [9.17, 15) is 4.79 Å². The standard InChI is InChI=1S/C6H8O4/c7-3-1-4(8)6-9-2-5(3)10-6/h3,5-7H,1-2H2/t3-,5+,6+/m0/s1. The summed E-state index contributed by atoms with van der Waals surface area (Å²) < 4.78 is 9.93. The van der Waals surface area contributed by atoms with Crippen LogP contribution >= 0.6 is 0 Å². The van der Waals surface area contributed by atoms with Gasteiger partial charge in [-0.25, -0.2) is 0 Å². The van der Waals surface area contributed by atoms with E-state index in [1.165, 1.54) is 0 Å². The second-order valence-electron chi connectivity index (χ2n) is 2.58. The molecule has 0 aromatic carbocycles. The van der Waals surface area contributed by atoms with Gasteiger partial charge in [-0.3, -0.25) is 4.79 Å². The van der Waals surface area contributed by atoms with Crippen LogP contribution < -0.4 is 0 Å². The lowest BCUT2D eigenvalue weighted by molar-refractivity contribution is -0.162. The second kappa shape index (κ2) is 2.02. The predicted octanol–water partition coefficient (Wildman–Crippen LogP) is -0.938. The summed E-state index contributed by atoms with van der Waals surface area (Å²) in [5, 5.41) is 9.14. The molecular formula is C6H8O4. The zero-order chi connectivity index (χ0) is 7.14. The van der Waals surface area contributed by atoms with Gasteiger partial charge in [0.25, 0.3) is 0 Å². The predicted molar refractivity (Wildman–Crippen MR) is 30.2 cm³/mol. The average Bonchev–Trinajstić information content (AvgIpc) is 2.28. The molecule has 2 bridgehead atoms. The summed E-state index contributed by atoms with van der Waals surface area (Å²) in [4.78, 5) is 10.9. The average molecular weight is 144 g/mol. The minimum atomic E-state index is -0.687. The Hall–Kier alpha value is -0.450. The normalized spacial score (nSPS) is 46.1. The van der Waals surface area contributed by atoms with Crippen molar-refractivity contribution in [1.29, 1.82) is 0 Å². The molecule has 3 atom stereocenters. The van der Waals surface area contributed by atoms with Gasteiger partial charge in [0.2, 0.25) is 6.29 Å². The Balaban J connectivity index is 2.16. The number of carbonyl (C=O) groups is 1. The third kappa shape index (κ3) is 0.767. The second-order valence-corrected chi connectivity index (χ2v) is 2.58. The van der Waals surface area contributed by atoms with Crippen molar-refractivity contribution in [3.05, 3.63) is 0 Å². The summed E-state index contributed by atoms with van der Waals surface area (Å²) in [6.45, 7) is 0.345. The highest BCUT2D eigenvalue weighted by molar-refractivity contribution is 5.83. The van der Waals surface area contributed by atoms with Crippen molar-refractivity contribution >= 4 is 5.78 Å². The van der Waals surface area contributed by atoms with Crippen LogP contribution in [0.4, 0.5) is 0 Å². The van der Waals surface area contributed by atoms with E-state index in [1.54, 1.807) is 0 Å². The minimum absolute atomic E-state index is 0.152. The molecular weight excluding hydrogens is 136 g/mol. The molecule has 0 spiro atoms. The lowest BCUT2D eigenvalue weighted by Gasteiger charge is -2.21. The first-order valence-corrected chi connectivity index (χ1v) is 3.25. The summed E-state index contributed by atoms with van der Waals surface area (Å²) in [6.07, 6.45) is -1.45. The third-order valence-corrected chi connectivity index (χ3v) is 1.81. The number of hydrogen-bond donors (Lipinski definition) is 1. The monoisotopic (exact) mass is 144 g/mol. The number of hydrogen-bond acceptors (Lipinski definition) is 4. The quantitative estimate of drug-likeness (QED) is 0.476. The molecule has 10 heavy (non-hydrogen) atoms. The van der Waals surface area contributed by atoms with Crippen LogP contribution in [-0.2, 0) is 14.3 Å². The van der Waals surface area contributed by atoms with E-state index in [4.69, 9.17) is 14.6 Å². The summed E-state index contributed by atoms with van der Waals surface area (Å²) in [5.74, 6) is -0.152. The van der Waals surface area contributed by atoms with Crippen molar-refractivity contribution in [2.45, 2.75) is 24.9 Å². The maximum Gasteiger partial charge on any atom is 0.218 e. The summed E-state index contributed by atoms with van der Waals surface area (Å²) in [6, 6.07) is 0. The number of fused-ring (bicyclic) bond motifs is 2. The molecule has 2 rings (SSSR count). The molecule has 0 aliphatic carbocycles. The smallest absolute Gasteiger partial charge is 0.218 e. The Morgan fingerprint density at radius 3 is 3.20 bits per heavy atom. The van der Waals surface area contributed by atoms with Gasteiger partial charge in [-0.05, 0) is 0 Å². The first-order valence-electron chi connectivity index (χ1n) is 3.25. The molecule has 56 valence electrons. The number of rotatable bonds is 0. The highest BCUT2D eigenvalue weighted by Gasteiger charge is 2.42. The fourth-order valence-electron chi connectivity index (χ4n) is 1.22. The van der Waals surface area contributed by atoms with Crippen LogP contribution in [-0.4, -0.2) is 36.0 Å². The molecule has 2 aliphatic rings. The van der Waals surface area contributed by atoms with Crippen molar-refractivity contribution in [2.24, 2.45) is 0 Å². The number of Topliss-reactive ketones (excluding diaryl/α,β-unsaturated/α-hetero) is 1. The number of aliphatic hydroxyl groups excluding tert-OH is 1. The van der Waals surface area contributed by atoms with Crippen LogP contribution in [0.3, 0.4) is 0 Å². The maximum absolute atomic E-state index is 10.9. The van der Waals surface area contributed by atoms with E-state index in [0.29, 0.717) is 6.61 Å². The summed E-state index contributed by atoms with van der Waals surface area (Å²) >= 11 is 0. The summed E-state index contributed by atoms with van der Waals surface area (Å²) in [5.41, 5.74) is 0. The molecule has 2 saturated heterocycles. The van der Waals surface area contributed by atoms with Gasteiger partial charge in [-0.15, -0.1) is 0 Å². The third-order valence-electron chi connectivity index (χ3n) is 1.81. The maximum atomic E-state index is 10.9. The highest BCUT2D eigenvalue weighted by atomic mass is 16.7. The molecule has 0 unspecified atom stereocenters. The topological polar surface area (TPSA) is 55.8 Å². The zero-order valence-electron chi connectivity index (χ0n) is 5.32. The Kier molecular flexibility index (Phi) is 1.26. The van der Waals surface area contributed by atoms with E-state index in [2.05, 4.69) is 0 Å². The summed E-state index contributed by atoms with van der Waals surface area (Å²) in [7, 11) is 0. The molecule has 0 radical (unpaired) electrons. The van der Waals surface area contributed by atoms with Crippen molar-refractivity contribution < 1.29 is 19.4 Å². The highest BCUT2D eigenvalue weighted by Crippen LogP contribution is 2.24. The lowest BCUT2D eigenvalue weighted by Crippen LogP contribution is -2.38. The van der Waals surface area contributed by atoms with E-state index in [0.717, 1.165) is 0 Å². The van der Waals surface area contributed by atoms with Crippen LogP contribution in [0.25, 0.3) is 0 Å². The molecule has 2 aliphatic heterocycles. The largest absolute Gasteiger partial charge is 0.390 e. The fraction of sp³-hybridized carbons (Fsp3) is 0.833. The van der Waals surface area contributed by atoms with E-state index >= 15 is 0 Å². The molecule has 4 nitrogen and oxygen atoms in total. The molecule has 0 amide bonds. The Labute approximate surface area is 57.7 Å². The number of carbonyl (C=O) groups excluding carboxylic acids is 1. The van der Waals surface area contributed by atoms with Crippen LogP contribution in [0.1, 0.15) is 6.42 Å². The SMILES string of the molecule is O=C1C[C@H](O)[C@H]2CO[C@@H]1O2. The van der Waals surface area contributed by atoms with Crippen molar-refractivity contribution in [1.82, 2.24) is 0 Å². The Morgan fingerprint density at radius 1 is 1.60 bits per heavy atom. The Morgan fingerprint density at radius 2 is 2.40 bits per heavy atom. The van der Waals surface area contributed by atoms with Crippen LogP contribution in [0.2, 0.25) is 0 Å². The van der Waals surface area contributed by atoms with Crippen molar-refractivity contribution in [2.75, 3.05) is 6.61 Å². The fourth-order valence-corrected chi connectivity index (χ4v) is 1.22. The van der Waals surface area contributed by atoms with Gasteiger partial charge < -0.3 is 14.6 Å². The first kappa shape index (κ1) is 6.27. The molecule has 1 N–H and O–H groups in total. The van der Waals surface area contributed by atoms with Gasteiger partial charge in [-0.1, -0.05) is 0 Å². The van der Waals surface area contributed by atoms with E-state index in [1.807, 2.05) is 0 Å². The zero-order valence-corrected chi connectivity index (χ0v) is 5.32. The van der Waals surface area contributed by atoms with Crippen LogP contribution in [0.5, 0.6) is 0 Å². The lowest BCUT2D eigenvalue weighted by atomic mass is 10.1. The molecule has 0 aromatic rings. The van der Waals surface area contributed by atoms with Gasteiger partial charge in [0.05, 0.1) is 12.7 Å². The number of aliphatic hydroxyl groups is 1. The van der Waals surface area contributed by atoms with Gasteiger partial charge in [0, 0.05) is 6.42 Å². The van der Waals surface area contributed by atoms with E-state index < -0.39 is 12.4 Å². The minimum Gasteiger partial charge on any atom is -0.390 e. The molecule has 2 heterocycles. The molecule has 2 fully saturated rings. The molecule has 0 saturated carbocycles. The van der Waals surface area contributed by atoms with Crippen molar-refractivity contribution in [3.63, 3.8) is 0 Å². The first-order chi connectivity index (χ1) is 4.77. The van der Waals surface area contributed by atoms with Crippen molar-refractivity contribution in [3.8, 4) is 0 Å². The van der Waals surface area contributed by atoms with Gasteiger partial charge >= 0.3 is 0 Å². The van der Waals surface area contributed by atoms with Crippen LogP contribution in [0.15, 0.2) is 0 Å². The molecule has 0 aromatic heterocycles. The van der Waals surface area contributed by atoms with Crippen LogP contribution in [0, 0.1) is 0 Å².